The van der Waals surface area contributed by atoms with E-state index < -0.39 is 0 Å². The second kappa shape index (κ2) is 8.25. The van der Waals surface area contributed by atoms with Crippen molar-refractivity contribution in [2.75, 3.05) is 31.1 Å². The van der Waals surface area contributed by atoms with Gasteiger partial charge in [-0.05, 0) is 36.4 Å². The van der Waals surface area contributed by atoms with Crippen LogP contribution >= 0.6 is 0 Å². The van der Waals surface area contributed by atoms with Crippen LogP contribution in [0.2, 0.25) is 0 Å². The van der Waals surface area contributed by atoms with E-state index in [0.29, 0.717) is 43.0 Å². The lowest BCUT2D eigenvalue weighted by atomic mass is 10.1. The number of furan rings is 1. The maximum Gasteiger partial charge on any atom is 0.223 e. The van der Waals surface area contributed by atoms with Gasteiger partial charge >= 0.3 is 0 Å². The van der Waals surface area contributed by atoms with Gasteiger partial charge in [0.25, 0.3) is 0 Å². The van der Waals surface area contributed by atoms with Crippen LogP contribution in [0.5, 0.6) is 0 Å². The molecule has 1 aliphatic heterocycles. The van der Waals surface area contributed by atoms with Crippen molar-refractivity contribution in [1.29, 1.82) is 0 Å². The molecule has 6 heteroatoms. The number of aryl methyl sites for hydroxylation is 1. The Balaban J connectivity index is 1.29. The number of carbonyl (C=O) groups is 1. The van der Waals surface area contributed by atoms with Gasteiger partial charge in [-0.3, -0.25) is 9.78 Å². The fourth-order valence-electron chi connectivity index (χ4n) is 3.48. The van der Waals surface area contributed by atoms with Crippen molar-refractivity contribution in [2.45, 2.75) is 12.8 Å². The maximum atomic E-state index is 13.9. The lowest BCUT2D eigenvalue weighted by molar-refractivity contribution is -0.131. The molecule has 2 aromatic heterocycles. The van der Waals surface area contributed by atoms with Gasteiger partial charge in [0, 0.05) is 57.1 Å². The van der Waals surface area contributed by atoms with Crippen molar-refractivity contribution >= 4 is 11.6 Å². The van der Waals surface area contributed by atoms with Crippen LogP contribution < -0.4 is 4.90 Å². The number of anilines is 1. The summed E-state index contributed by atoms with van der Waals surface area (Å²) in [6.45, 7) is 3.04. The molecule has 0 bridgehead atoms. The molecule has 0 N–H and O–H groups in total. The topological polar surface area (TPSA) is 49.6 Å². The largest absolute Gasteiger partial charge is 0.461 e. The van der Waals surface area contributed by atoms with Gasteiger partial charge in [0.05, 0.1) is 5.56 Å². The smallest absolute Gasteiger partial charge is 0.223 e. The molecular formula is C22H22FN3O2. The summed E-state index contributed by atoms with van der Waals surface area (Å²) in [5.41, 5.74) is 1.57. The number of pyridine rings is 1. The van der Waals surface area contributed by atoms with Crippen molar-refractivity contribution in [3.8, 4) is 11.3 Å². The zero-order chi connectivity index (χ0) is 19.3. The number of rotatable bonds is 5. The number of halogens is 1. The van der Waals surface area contributed by atoms with Crippen molar-refractivity contribution < 1.29 is 13.6 Å². The van der Waals surface area contributed by atoms with Crippen LogP contribution in [0.15, 0.2) is 65.3 Å². The number of carbonyl (C=O) groups excluding carboxylic acids is 1. The van der Waals surface area contributed by atoms with Crippen LogP contribution in [0.25, 0.3) is 11.3 Å². The molecule has 4 rings (SSSR count). The van der Waals surface area contributed by atoms with Crippen molar-refractivity contribution in [3.63, 3.8) is 0 Å². The molecule has 1 aliphatic rings. The number of aromatic nitrogens is 1. The normalized spacial score (nSPS) is 14.3. The molecule has 3 aromatic rings. The Bertz CT molecular complexity index is 934. The first-order valence-corrected chi connectivity index (χ1v) is 9.47. The van der Waals surface area contributed by atoms with Crippen molar-refractivity contribution in [2.24, 2.45) is 0 Å². The van der Waals surface area contributed by atoms with E-state index in [1.54, 1.807) is 36.7 Å². The van der Waals surface area contributed by atoms with Crippen LogP contribution in [0.3, 0.4) is 0 Å². The summed E-state index contributed by atoms with van der Waals surface area (Å²) in [7, 11) is 0. The first-order chi connectivity index (χ1) is 13.7. The first-order valence-electron chi connectivity index (χ1n) is 9.47. The zero-order valence-electron chi connectivity index (χ0n) is 15.6. The molecule has 1 fully saturated rings. The second-order valence-corrected chi connectivity index (χ2v) is 6.82. The highest BCUT2D eigenvalue weighted by Crippen LogP contribution is 2.25. The third-order valence-corrected chi connectivity index (χ3v) is 5.05. The van der Waals surface area contributed by atoms with E-state index >= 15 is 0 Å². The summed E-state index contributed by atoms with van der Waals surface area (Å²) in [6.07, 6.45) is 4.47. The molecule has 0 spiro atoms. The molecule has 28 heavy (non-hydrogen) atoms. The third-order valence-electron chi connectivity index (χ3n) is 5.05. The average Bonchev–Trinajstić information content (AvgIpc) is 3.22. The number of hydrogen-bond acceptors (Lipinski definition) is 4. The van der Waals surface area contributed by atoms with Gasteiger partial charge in [0.1, 0.15) is 17.3 Å². The molecule has 1 amide bonds. The van der Waals surface area contributed by atoms with E-state index in [1.807, 2.05) is 23.1 Å². The van der Waals surface area contributed by atoms with Gasteiger partial charge in [0.15, 0.2) is 0 Å². The average molecular weight is 379 g/mol. The Morgan fingerprint density at radius 2 is 1.75 bits per heavy atom. The monoisotopic (exact) mass is 379 g/mol. The second-order valence-electron chi connectivity index (χ2n) is 6.82. The predicted molar refractivity (Wildman–Crippen MR) is 105 cm³/mol. The Labute approximate surface area is 163 Å². The van der Waals surface area contributed by atoms with E-state index in [9.17, 15) is 9.18 Å². The van der Waals surface area contributed by atoms with E-state index in [1.165, 1.54) is 6.07 Å². The van der Waals surface area contributed by atoms with Gasteiger partial charge in [-0.2, -0.15) is 0 Å². The molecule has 0 saturated carbocycles. The number of nitrogens with zero attached hydrogens (tertiary/aromatic N) is 3. The van der Waals surface area contributed by atoms with Gasteiger partial charge in [-0.25, -0.2) is 4.39 Å². The van der Waals surface area contributed by atoms with Gasteiger partial charge in [0.2, 0.25) is 5.91 Å². The van der Waals surface area contributed by atoms with E-state index in [2.05, 4.69) is 9.88 Å². The Kier molecular flexibility index (Phi) is 5.37. The molecule has 5 nitrogen and oxygen atoms in total. The van der Waals surface area contributed by atoms with Crippen LogP contribution in [0, 0.1) is 5.82 Å². The Morgan fingerprint density at radius 1 is 1.00 bits per heavy atom. The van der Waals surface area contributed by atoms with E-state index in [0.717, 1.165) is 18.8 Å². The molecule has 0 radical (unpaired) electrons. The molecule has 0 unspecified atom stereocenters. The highest BCUT2D eigenvalue weighted by Gasteiger charge is 2.21. The number of amides is 1. The summed E-state index contributed by atoms with van der Waals surface area (Å²) in [5, 5.41) is 0. The molecule has 3 heterocycles. The predicted octanol–water partition coefficient (Wildman–Crippen LogP) is 3.76. The minimum atomic E-state index is -0.313. The minimum absolute atomic E-state index is 0.123. The van der Waals surface area contributed by atoms with Crippen LogP contribution in [-0.2, 0) is 11.2 Å². The number of piperazine rings is 1. The standard InChI is InChI=1S/C22H22FN3O2/c23-20-4-2-1-3-19(20)21-7-5-18(28-21)6-8-22(27)26-15-13-25(14-16-26)17-9-11-24-12-10-17/h1-5,7,9-12H,6,8,13-16H2. The Hall–Kier alpha value is -3.15. The SMILES string of the molecule is O=C(CCc1ccc(-c2ccccc2F)o1)N1CCN(c2ccncc2)CC1. The molecule has 1 aromatic carbocycles. The number of benzene rings is 1. The summed E-state index contributed by atoms with van der Waals surface area (Å²) < 4.78 is 19.6. The van der Waals surface area contributed by atoms with Gasteiger partial charge in [-0.1, -0.05) is 12.1 Å². The lowest BCUT2D eigenvalue weighted by Gasteiger charge is -2.36. The van der Waals surface area contributed by atoms with Gasteiger partial charge < -0.3 is 14.2 Å². The molecule has 1 saturated heterocycles. The Morgan fingerprint density at radius 3 is 2.50 bits per heavy atom. The fraction of sp³-hybridized carbons (Fsp3) is 0.273. The molecule has 0 atom stereocenters. The minimum Gasteiger partial charge on any atom is -0.461 e. The van der Waals surface area contributed by atoms with Crippen LogP contribution in [0.4, 0.5) is 10.1 Å². The lowest BCUT2D eigenvalue weighted by Crippen LogP contribution is -2.48. The number of hydrogen-bond donors (Lipinski definition) is 0. The summed E-state index contributed by atoms with van der Waals surface area (Å²) in [5.74, 6) is 0.998. The van der Waals surface area contributed by atoms with Crippen molar-refractivity contribution in [3.05, 3.63) is 72.5 Å². The molecular weight excluding hydrogens is 357 g/mol. The zero-order valence-corrected chi connectivity index (χ0v) is 15.6. The summed E-state index contributed by atoms with van der Waals surface area (Å²) in [6, 6.07) is 14.1. The van der Waals surface area contributed by atoms with E-state index in [-0.39, 0.29) is 11.7 Å². The third kappa shape index (κ3) is 4.06. The van der Waals surface area contributed by atoms with Crippen molar-refractivity contribution in [1.82, 2.24) is 9.88 Å². The van der Waals surface area contributed by atoms with E-state index in [4.69, 9.17) is 4.42 Å². The van der Waals surface area contributed by atoms with Crippen LogP contribution in [-0.4, -0.2) is 42.0 Å². The molecule has 144 valence electrons. The molecule has 0 aliphatic carbocycles. The summed E-state index contributed by atoms with van der Waals surface area (Å²) in [4.78, 5) is 20.7. The fourth-order valence-corrected chi connectivity index (χ4v) is 3.48. The maximum absolute atomic E-state index is 13.9. The summed E-state index contributed by atoms with van der Waals surface area (Å²) >= 11 is 0. The van der Waals surface area contributed by atoms with Gasteiger partial charge in [-0.15, -0.1) is 0 Å². The quantitative estimate of drug-likeness (QED) is 0.677. The highest BCUT2D eigenvalue weighted by atomic mass is 19.1. The van der Waals surface area contributed by atoms with Crippen LogP contribution in [0.1, 0.15) is 12.2 Å². The highest BCUT2D eigenvalue weighted by molar-refractivity contribution is 5.76. The first kappa shape index (κ1) is 18.2.